The van der Waals surface area contributed by atoms with Crippen LogP contribution in [0.15, 0.2) is 36.8 Å². The maximum Gasteiger partial charge on any atom is 0.315 e. The van der Waals surface area contributed by atoms with Crippen LogP contribution in [0.5, 0.6) is 5.75 Å². The predicted molar refractivity (Wildman–Crippen MR) is 167 cm³/mol. The van der Waals surface area contributed by atoms with Crippen molar-refractivity contribution in [3.63, 3.8) is 0 Å². The molecule has 1 atom stereocenters. The molecule has 4 rings (SSSR count). The molecule has 1 aromatic heterocycles. The van der Waals surface area contributed by atoms with Crippen LogP contribution in [0, 0.1) is 11.3 Å². The molecule has 1 aliphatic heterocycles. The molecule has 0 unspecified atom stereocenters. The topological polar surface area (TPSA) is 128 Å². The zero-order chi connectivity index (χ0) is 30.9. The number of H-pyrrole nitrogens is 1. The molecule has 2 aromatic rings. The monoisotopic (exact) mass is 594 g/mol. The lowest BCUT2D eigenvalue weighted by Crippen LogP contribution is -2.59. The smallest absolute Gasteiger partial charge is 0.315 e. The number of carbonyl (C=O) groups excluding carboxylic acids is 3. The van der Waals surface area contributed by atoms with Gasteiger partial charge in [0.15, 0.2) is 0 Å². The first-order chi connectivity index (χ1) is 20.6. The van der Waals surface area contributed by atoms with Crippen LogP contribution in [0.4, 0.5) is 4.79 Å². The molecule has 4 N–H and O–H groups in total. The molecule has 43 heavy (non-hydrogen) atoms. The molecule has 10 nitrogen and oxygen atoms in total. The number of piperidine rings is 1. The summed E-state index contributed by atoms with van der Waals surface area (Å²) >= 11 is 0. The maximum absolute atomic E-state index is 14.0. The molecule has 1 aliphatic carbocycles. The number of aryl methyl sites for hydroxylation is 1. The molecule has 2 aliphatic rings. The third-order valence-electron chi connectivity index (χ3n) is 8.96. The molecular weight excluding hydrogens is 544 g/mol. The second kappa shape index (κ2) is 14.8. The van der Waals surface area contributed by atoms with Crippen molar-refractivity contribution in [3.8, 4) is 5.75 Å². The summed E-state index contributed by atoms with van der Waals surface area (Å²) in [7, 11) is 1.62. The van der Waals surface area contributed by atoms with Gasteiger partial charge in [0, 0.05) is 43.5 Å². The van der Waals surface area contributed by atoms with Gasteiger partial charge in [-0.15, -0.1) is 0 Å². The summed E-state index contributed by atoms with van der Waals surface area (Å²) in [6.07, 6.45) is 12.2. The molecule has 1 saturated carbocycles. The van der Waals surface area contributed by atoms with Gasteiger partial charge in [0.05, 0.1) is 18.9 Å². The molecular formula is C33H50N6O4. The quantitative estimate of drug-likeness (QED) is 0.287. The molecule has 4 amide bonds. The fourth-order valence-electron chi connectivity index (χ4n) is 6.60. The Morgan fingerprint density at radius 1 is 1.09 bits per heavy atom. The first-order valence-electron chi connectivity index (χ1n) is 15.9. The van der Waals surface area contributed by atoms with Crippen molar-refractivity contribution in [1.29, 1.82) is 0 Å². The average molecular weight is 595 g/mol. The second-order valence-electron chi connectivity index (χ2n) is 13.2. The number of aromatic amines is 1. The van der Waals surface area contributed by atoms with Crippen LogP contribution in [0.25, 0.3) is 0 Å². The number of aromatic nitrogens is 2. The van der Waals surface area contributed by atoms with E-state index in [1.165, 1.54) is 6.42 Å². The number of nitrogens with zero attached hydrogens (tertiary/aromatic N) is 2. The number of urea groups is 1. The van der Waals surface area contributed by atoms with Crippen LogP contribution in [-0.2, 0) is 22.4 Å². The number of hydrogen-bond acceptors (Lipinski definition) is 5. The highest BCUT2D eigenvalue weighted by Gasteiger charge is 2.49. The number of likely N-dealkylation sites (tertiary alicyclic amines) is 1. The average Bonchev–Trinajstić information content (AvgIpc) is 3.52. The van der Waals surface area contributed by atoms with Crippen molar-refractivity contribution in [2.24, 2.45) is 11.3 Å². The van der Waals surface area contributed by atoms with E-state index in [1.807, 2.05) is 49.9 Å². The highest BCUT2D eigenvalue weighted by atomic mass is 16.5. The van der Waals surface area contributed by atoms with Gasteiger partial charge in [-0.1, -0.05) is 31.4 Å². The van der Waals surface area contributed by atoms with Crippen molar-refractivity contribution in [2.75, 3.05) is 26.7 Å². The van der Waals surface area contributed by atoms with E-state index in [1.54, 1.807) is 19.6 Å². The molecule has 236 valence electrons. The lowest BCUT2D eigenvalue weighted by molar-refractivity contribution is -0.146. The Balaban J connectivity index is 1.43. The first-order valence-corrected chi connectivity index (χ1v) is 15.9. The van der Waals surface area contributed by atoms with Crippen LogP contribution >= 0.6 is 0 Å². The van der Waals surface area contributed by atoms with Gasteiger partial charge in [-0.05, 0) is 82.9 Å². The standard InChI is InChI=1S/C33H50N6O4/c1-32(2,3)38-30(41)33(25-9-6-5-7-10-25)16-19-39(20-17-33)29(40)28(21-24-12-14-27(43-4)15-13-24)37-31(42)35-18-8-11-26-22-34-23-36-26/h12-15,22-23,25,28H,5-11,16-21H2,1-4H3,(H,34,36)(H,38,41)(H2,35,37,42)/t28-/m1/s1. The minimum absolute atomic E-state index is 0.114. The number of ether oxygens (including phenoxy) is 1. The van der Waals surface area contributed by atoms with Gasteiger partial charge in [-0.25, -0.2) is 9.78 Å². The molecule has 0 bridgehead atoms. The van der Waals surface area contributed by atoms with Gasteiger partial charge in [0.25, 0.3) is 0 Å². The van der Waals surface area contributed by atoms with Gasteiger partial charge >= 0.3 is 6.03 Å². The van der Waals surface area contributed by atoms with Crippen molar-refractivity contribution in [2.45, 2.75) is 96.6 Å². The molecule has 1 saturated heterocycles. The fraction of sp³-hybridized carbons (Fsp3) is 0.636. The van der Waals surface area contributed by atoms with Gasteiger partial charge < -0.3 is 30.6 Å². The molecule has 0 spiro atoms. The van der Waals surface area contributed by atoms with Crippen molar-refractivity contribution >= 4 is 17.8 Å². The Morgan fingerprint density at radius 2 is 1.79 bits per heavy atom. The highest BCUT2D eigenvalue weighted by Crippen LogP contribution is 2.46. The molecule has 2 fully saturated rings. The maximum atomic E-state index is 14.0. The number of methoxy groups -OCH3 is 1. The van der Waals surface area contributed by atoms with Crippen LogP contribution in [0.1, 0.15) is 83.4 Å². The van der Waals surface area contributed by atoms with E-state index in [2.05, 4.69) is 25.9 Å². The highest BCUT2D eigenvalue weighted by molar-refractivity contribution is 5.88. The van der Waals surface area contributed by atoms with E-state index in [9.17, 15) is 14.4 Å². The Labute approximate surface area is 256 Å². The fourth-order valence-corrected chi connectivity index (χ4v) is 6.60. The van der Waals surface area contributed by atoms with Crippen molar-refractivity contribution in [3.05, 3.63) is 48.0 Å². The first kappa shape index (κ1) is 32.4. The van der Waals surface area contributed by atoms with Crippen LogP contribution in [0.3, 0.4) is 0 Å². The summed E-state index contributed by atoms with van der Waals surface area (Å²) in [5.74, 6) is 1.08. The third-order valence-corrected chi connectivity index (χ3v) is 8.96. The lowest BCUT2D eigenvalue weighted by Gasteiger charge is -2.48. The third kappa shape index (κ3) is 8.97. The minimum Gasteiger partial charge on any atom is -0.497 e. The van der Waals surface area contributed by atoms with Crippen molar-refractivity contribution < 1.29 is 19.1 Å². The van der Waals surface area contributed by atoms with Crippen LogP contribution in [-0.4, -0.2) is 71.0 Å². The Hall–Kier alpha value is -3.56. The van der Waals surface area contributed by atoms with E-state index >= 15 is 0 Å². The Morgan fingerprint density at radius 3 is 2.40 bits per heavy atom. The van der Waals surface area contributed by atoms with Gasteiger partial charge in [0.2, 0.25) is 11.8 Å². The number of carbonyl (C=O) groups is 3. The zero-order valence-electron chi connectivity index (χ0n) is 26.3. The summed E-state index contributed by atoms with van der Waals surface area (Å²) in [6, 6.07) is 6.47. The molecule has 0 radical (unpaired) electrons. The minimum atomic E-state index is -0.730. The summed E-state index contributed by atoms with van der Waals surface area (Å²) in [5, 5.41) is 9.12. The van der Waals surface area contributed by atoms with E-state index in [0.717, 1.165) is 55.5 Å². The number of amides is 4. The van der Waals surface area contributed by atoms with Crippen LogP contribution in [0.2, 0.25) is 0 Å². The normalized spacial score (nSPS) is 18.0. The van der Waals surface area contributed by atoms with Crippen molar-refractivity contribution in [1.82, 2.24) is 30.8 Å². The summed E-state index contributed by atoms with van der Waals surface area (Å²) < 4.78 is 5.29. The lowest BCUT2D eigenvalue weighted by atomic mass is 9.63. The second-order valence-corrected chi connectivity index (χ2v) is 13.2. The largest absolute Gasteiger partial charge is 0.497 e. The van der Waals surface area contributed by atoms with E-state index in [0.29, 0.717) is 44.8 Å². The Bertz CT molecular complexity index is 1180. The molecule has 1 aromatic carbocycles. The SMILES string of the molecule is COc1ccc(C[C@@H](NC(=O)NCCCc2cnc[nH]2)C(=O)N2CCC(C(=O)NC(C)(C)C)(C3CCCCC3)CC2)cc1. The Kier molecular flexibility index (Phi) is 11.1. The predicted octanol–water partition coefficient (Wildman–Crippen LogP) is 4.37. The van der Waals surface area contributed by atoms with Gasteiger partial charge in [-0.3, -0.25) is 9.59 Å². The zero-order valence-corrected chi connectivity index (χ0v) is 26.3. The van der Waals surface area contributed by atoms with Gasteiger partial charge in [-0.2, -0.15) is 0 Å². The molecule has 2 heterocycles. The van der Waals surface area contributed by atoms with E-state index in [4.69, 9.17) is 4.74 Å². The number of nitrogens with one attached hydrogen (secondary N) is 4. The summed E-state index contributed by atoms with van der Waals surface area (Å²) in [6.45, 7) is 7.55. The number of benzene rings is 1. The van der Waals surface area contributed by atoms with Gasteiger partial charge in [0.1, 0.15) is 11.8 Å². The number of rotatable bonds is 11. The number of imidazole rings is 1. The molecule has 10 heteroatoms. The van der Waals surface area contributed by atoms with Crippen LogP contribution < -0.4 is 20.7 Å². The van der Waals surface area contributed by atoms with E-state index in [-0.39, 0.29) is 23.4 Å². The summed E-state index contributed by atoms with van der Waals surface area (Å²) in [5.41, 5.74) is 1.16. The number of hydrogen-bond donors (Lipinski definition) is 4. The van der Waals surface area contributed by atoms with E-state index < -0.39 is 11.5 Å². The summed E-state index contributed by atoms with van der Waals surface area (Å²) in [4.78, 5) is 49.6.